The molecule has 0 spiro atoms. The van der Waals surface area contributed by atoms with E-state index in [9.17, 15) is 49.7 Å². The minimum atomic E-state index is -5.18. The molecule has 1 aliphatic carbocycles. The second-order valence-electron chi connectivity index (χ2n) is 16.1. The van der Waals surface area contributed by atoms with Crippen LogP contribution in [0.2, 0.25) is 0 Å². The van der Waals surface area contributed by atoms with Crippen LogP contribution in [0.5, 0.6) is 0 Å². The molecule has 0 bridgehead atoms. The topological polar surface area (TPSA) is 230 Å². The Morgan fingerprint density at radius 3 is 1.67 bits per heavy atom. The van der Waals surface area contributed by atoms with Gasteiger partial charge in [-0.25, -0.2) is 4.57 Å². The molecule has 1 rings (SSSR count). The minimum Gasteiger partial charge on any atom is -0.462 e. The second kappa shape index (κ2) is 39.5. The van der Waals surface area contributed by atoms with Gasteiger partial charge >= 0.3 is 19.8 Å². The summed E-state index contributed by atoms with van der Waals surface area (Å²) in [5.74, 6) is -1.32. The summed E-state index contributed by atoms with van der Waals surface area (Å²) in [6.45, 7) is 2.97. The normalized spacial score (nSPS) is 22.7. The molecule has 0 aromatic carbocycles. The number of aliphatic hydroxyl groups excluding tert-OH is 6. The van der Waals surface area contributed by atoms with Crippen LogP contribution < -0.4 is 0 Å². The first-order valence-electron chi connectivity index (χ1n) is 23.8. The standard InChI is InChI=1S/C51H81O14P/c1-3-5-7-9-11-13-15-17-18-19-20-22-24-26-28-30-34-39-45(54)64-43(41-63-66(60,61)65-51-49(58)47(56)46(55)48(57)50(51)59)40-62-44(53)38-35-31-33-37-42(52)36-32-29-27-25-23-21-16-14-12-10-8-6-4-2/h6,8,11-14,17-18,20-23,27,29,31-33,36,42-43,46-52,55-59H,3-5,7,9-10,15-16,19,24-26,28,30,34-35,37-41H2,1-2H3,(H,60,61)/b8-6-,13-11-,14-12-,18-17-,22-20-,23-21-,29-27-,33-31-,36-32-/t42?,43-,46?,47-,48+,49-,50-,51?/m1/s1. The number of hydrogen-bond acceptors (Lipinski definition) is 13. The van der Waals surface area contributed by atoms with Gasteiger partial charge in [0.2, 0.25) is 0 Å². The first-order chi connectivity index (χ1) is 31.8. The molecule has 1 fully saturated rings. The van der Waals surface area contributed by atoms with Crippen molar-refractivity contribution in [3.63, 3.8) is 0 Å². The smallest absolute Gasteiger partial charge is 0.462 e. The number of allylic oxidation sites excluding steroid dienone is 16. The number of unbranched alkanes of at least 4 members (excludes halogenated alkanes) is 7. The molecule has 0 aliphatic heterocycles. The van der Waals surface area contributed by atoms with Crippen LogP contribution in [0.4, 0.5) is 0 Å². The van der Waals surface area contributed by atoms with E-state index in [0.717, 1.165) is 70.6 Å². The highest BCUT2D eigenvalue weighted by Crippen LogP contribution is 2.47. The number of carbonyl (C=O) groups is 2. The van der Waals surface area contributed by atoms with E-state index in [2.05, 4.69) is 86.8 Å². The monoisotopic (exact) mass is 949 g/mol. The summed E-state index contributed by atoms with van der Waals surface area (Å²) in [4.78, 5) is 35.7. The van der Waals surface area contributed by atoms with E-state index >= 15 is 0 Å². The predicted molar refractivity (Wildman–Crippen MR) is 259 cm³/mol. The molecule has 0 heterocycles. The molecule has 0 aromatic rings. The highest BCUT2D eigenvalue weighted by atomic mass is 31.2. The fourth-order valence-electron chi connectivity index (χ4n) is 6.34. The van der Waals surface area contributed by atoms with Gasteiger partial charge in [-0.15, -0.1) is 0 Å². The molecule has 4 unspecified atom stereocenters. The van der Waals surface area contributed by atoms with Gasteiger partial charge in [-0.3, -0.25) is 18.6 Å². The molecule has 1 aliphatic rings. The molecule has 374 valence electrons. The van der Waals surface area contributed by atoms with Crippen molar-refractivity contribution < 1.29 is 68.2 Å². The SMILES string of the molecule is CC/C=C\C/C=C\C/C=C\C/C=C\C=C/C(O)C/C=C\CCC(=O)OC[C@H](COP(=O)(O)OC1[C@H](O)[C@H](O)C(O)[C@H](O)[C@H]1O)OC(=O)CCCCCC/C=C\C/C=C\C/C=C\CCCCC. The van der Waals surface area contributed by atoms with Crippen molar-refractivity contribution in [3.8, 4) is 0 Å². The molecule has 7 N–H and O–H groups in total. The Hall–Kier alpha value is -3.53. The van der Waals surface area contributed by atoms with Crippen LogP contribution in [0.3, 0.4) is 0 Å². The van der Waals surface area contributed by atoms with Crippen molar-refractivity contribution in [2.24, 2.45) is 0 Å². The number of aliphatic hydroxyl groups is 6. The zero-order chi connectivity index (χ0) is 48.7. The molecule has 0 radical (unpaired) electrons. The summed E-state index contributed by atoms with van der Waals surface area (Å²) in [5, 5.41) is 60.4. The highest BCUT2D eigenvalue weighted by molar-refractivity contribution is 7.47. The van der Waals surface area contributed by atoms with E-state index < -0.39 is 81.8 Å². The average Bonchev–Trinajstić information content (AvgIpc) is 3.29. The molecule has 0 aromatic heterocycles. The van der Waals surface area contributed by atoms with Crippen LogP contribution in [0.25, 0.3) is 0 Å². The quantitative estimate of drug-likeness (QED) is 0.0102. The van der Waals surface area contributed by atoms with Crippen LogP contribution in [0.1, 0.15) is 136 Å². The summed E-state index contributed by atoms with van der Waals surface area (Å²) in [6.07, 6.45) is 37.3. The molecule has 0 amide bonds. The van der Waals surface area contributed by atoms with Gasteiger partial charge in [0, 0.05) is 12.8 Å². The first kappa shape index (κ1) is 60.5. The van der Waals surface area contributed by atoms with E-state index in [1.165, 1.54) is 19.3 Å². The van der Waals surface area contributed by atoms with Crippen LogP contribution in [0, 0.1) is 0 Å². The second-order valence-corrected chi connectivity index (χ2v) is 17.5. The fourth-order valence-corrected chi connectivity index (χ4v) is 7.32. The van der Waals surface area contributed by atoms with Gasteiger partial charge in [0.1, 0.15) is 43.2 Å². The lowest BCUT2D eigenvalue weighted by Crippen LogP contribution is -2.64. The van der Waals surface area contributed by atoms with Gasteiger partial charge in [-0.1, -0.05) is 149 Å². The summed E-state index contributed by atoms with van der Waals surface area (Å²) in [5.41, 5.74) is 0. The third-order valence-corrected chi connectivity index (χ3v) is 11.2. The van der Waals surface area contributed by atoms with Gasteiger partial charge in [0.05, 0.1) is 12.7 Å². The lowest BCUT2D eigenvalue weighted by atomic mass is 9.85. The number of ether oxygens (including phenoxy) is 2. The lowest BCUT2D eigenvalue weighted by Gasteiger charge is -2.41. The largest absolute Gasteiger partial charge is 0.472 e. The van der Waals surface area contributed by atoms with Gasteiger partial charge in [-0.2, -0.15) is 0 Å². The van der Waals surface area contributed by atoms with Crippen molar-refractivity contribution in [2.45, 2.75) is 185 Å². The third-order valence-electron chi connectivity index (χ3n) is 10.2. The van der Waals surface area contributed by atoms with Crippen molar-refractivity contribution >= 4 is 19.8 Å². The average molecular weight is 949 g/mol. The Morgan fingerprint density at radius 2 is 1.08 bits per heavy atom. The van der Waals surface area contributed by atoms with Crippen molar-refractivity contribution in [3.05, 3.63) is 109 Å². The number of esters is 2. The van der Waals surface area contributed by atoms with Crippen LogP contribution >= 0.6 is 7.82 Å². The van der Waals surface area contributed by atoms with E-state index in [4.69, 9.17) is 18.5 Å². The zero-order valence-electron chi connectivity index (χ0n) is 39.3. The van der Waals surface area contributed by atoms with Crippen molar-refractivity contribution in [1.82, 2.24) is 0 Å². The number of rotatable bonds is 37. The minimum absolute atomic E-state index is 0.0270. The number of carbonyl (C=O) groups excluding carboxylic acids is 2. The lowest BCUT2D eigenvalue weighted by molar-refractivity contribution is -0.220. The summed E-state index contributed by atoms with van der Waals surface area (Å²) >= 11 is 0. The third kappa shape index (κ3) is 31.4. The molecule has 9 atom stereocenters. The summed E-state index contributed by atoms with van der Waals surface area (Å²) < 4.78 is 33.4. The molecule has 66 heavy (non-hydrogen) atoms. The highest BCUT2D eigenvalue weighted by Gasteiger charge is 2.51. The maximum absolute atomic E-state index is 12.8. The van der Waals surface area contributed by atoms with E-state index in [1.54, 1.807) is 24.3 Å². The summed E-state index contributed by atoms with van der Waals surface area (Å²) in [7, 11) is -5.18. The Morgan fingerprint density at radius 1 is 0.561 bits per heavy atom. The van der Waals surface area contributed by atoms with E-state index in [1.807, 2.05) is 12.2 Å². The van der Waals surface area contributed by atoms with Gasteiger partial charge in [-0.05, 0) is 83.5 Å². The first-order valence-corrected chi connectivity index (χ1v) is 25.3. The Balaban J connectivity index is 2.57. The zero-order valence-corrected chi connectivity index (χ0v) is 40.2. The molecule has 15 heteroatoms. The predicted octanol–water partition coefficient (Wildman–Crippen LogP) is 8.58. The fraction of sp³-hybridized carbons (Fsp3) is 0.608. The molecular formula is C51H81O14P. The summed E-state index contributed by atoms with van der Waals surface area (Å²) in [6, 6.07) is 0. The van der Waals surface area contributed by atoms with Crippen LogP contribution in [0.15, 0.2) is 109 Å². The Bertz CT molecular complexity index is 1580. The van der Waals surface area contributed by atoms with Crippen molar-refractivity contribution in [1.29, 1.82) is 0 Å². The van der Waals surface area contributed by atoms with E-state index in [-0.39, 0.29) is 19.3 Å². The molecular weight excluding hydrogens is 868 g/mol. The maximum atomic E-state index is 12.8. The Labute approximate surface area is 394 Å². The van der Waals surface area contributed by atoms with Crippen LogP contribution in [-0.4, -0.2) is 110 Å². The van der Waals surface area contributed by atoms with E-state index in [0.29, 0.717) is 12.8 Å². The molecule has 14 nitrogen and oxygen atoms in total. The maximum Gasteiger partial charge on any atom is 0.472 e. The Kier molecular flexibility index (Phi) is 36.2. The van der Waals surface area contributed by atoms with Gasteiger partial charge in [0.15, 0.2) is 6.10 Å². The number of hydrogen-bond donors (Lipinski definition) is 7. The molecule has 1 saturated carbocycles. The number of phosphoric ester groups is 1. The van der Waals surface area contributed by atoms with Crippen molar-refractivity contribution in [2.75, 3.05) is 13.2 Å². The molecule has 0 saturated heterocycles. The number of phosphoric acid groups is 1. The van der Waals surface area contributed by atoms with Gasteiger partial charge in [0.25, 0.3) is 0 Å². The van der Waals surface area contributed by atoms with Crippen LogP contribution in [-0.2, 0) is 32.7 Å². The van der Waals surface area contributed by atoms with Gasteiger partial charge < -0.3 is 45.0 Å².